The SMILES string of the molecule is CC(C)c1cc2c(cc1N)C(CO)CC(C)(C)N2CCCO. The van der Waals surface area contributed by atoms with Crippen molar-refractivity contribution >= 4 is 11.4 Å². The van der Waals surface area contributed by atoms with Crippen molar-refractivity contribution in [2.75, 3.05) is 30.4 Å². The van der Waals surface area contributed by atoms with Gasteiger partial charge in [0, 0.05) is 36.0 Å². The Kier molecular flexibility index (Phi) is 5.03. The van der Waals surface area contributed by atoms with E-state index in [1.807, 2.05) is 6.07 Å². The van der Waals surface area contributed by atoms with Crippen molar-refractivity contribution in [3.63, 3.8) is 0 Å². The molecule has 2 rings (SSSR count). The highest BCUT2D eigenvalue weighted by Gasteiger charge is 2.38. The standard InChI is InChI=1S/C18H30N2O2/c1-12(2)14-9-17-15(8-16(14)19)13(11-22)10-18(3,4)20(17)6-5-7-21/h8-9,12-13,21-22H,5-7,10-11,19H2,1-4H3. The summed E-state index contributed by atoms with van der Waals surface area (Å²) in [5.41, 5.74) is 10.5. The van der Waals surface area contributed by atoms with Gasteiger partial charge < -0.3 is 20.8 Å². The fourth-order valence-electron chi connectivity index (χ4n) is 3.66. The van der Waals surface area contributed by atoms with Gasteiger partial charge in [-0.15, -0.1) is 0 Å². The number of hydrogen-bond donors (Lipinski definition) is 3. The van der Waals surface area contributed by atoms with Gasteiger partial charge in [-0.2, -0.15) is 0 Å². The monoisotopic (exact) mass is 306 g/mol. The molecule has 1 aliphatic heterocycles. The summed E-state index contributed by atoms with van der Waals surface area (Å²) in [6.07, 6.45) is 1.64. The second kappa shape index (κ2) is 6.47. The van der Waals surface area contributed by atoms with Crippen LogP contribution < -0.4 is 10.6 Å². The first kappa shape index (κ1) is 17.1. The molecule has 22 heavy (non-hydrogen) atoms. The molecular formula is C18H30N2O2. The van der Waals surface area contributed by atoms with Crippen LogP contribution >= 0.6 is 0 Å². The van der Waals surface area contributed by atoms with E-state index in [4.69, 9.17) is 5.73 Å². The van der Waals surface area contributed by atoms with Crippen molar-refractivity contribution in [3.05, 3.63) is 23.3 Å². The van der Waals surface area contributed by atoms with Gasteiger partial charge >= 0.3 is 0 Å². The third kappa shape index (κ3) is 3.08. The van der Waals surface area contributed by atoms with Gasteiger partial charge in [0.25, 0.3) is 0 Å². The molecule has 0 saturated carbocycles. The Morgan fingerprint density at radius 1 is 1.32 bits per heavy atom. The summed E-state index contributed by atoms with van der Waals surface area (Å²) in [6, 6.07) is 4.24. The molecule has 1 aliphatic rings. The minimum Gasteiger partial charge on any atom is -0.398 e. The molecule has 0 fully saturated rings. The zero-order chi connectivity index (χ0) is 16.5. The molecule has 0 amide bonds. The molecule has 0 radical (unpaired) electrons. The van der Waals surface area contributed by atoms with Gasteiger partial charge in [0.2, 0.25) is 0 Å². The third-order valence-electron chi connectivity index (χ3n) is 4.82. The maximum atomic E-state index is 9.80. The quantitative estimate of drug-likeness (QED) is 0.732. The van der Waals surface area contributed by atoms with Gasteiger partial charge in [-0.1, -0.05) is 13.8 Å². The zero-order valence-electron chi connectivity index (χ0n) is 14.3. The Bertz CT molecular complexity index is 526. The van der Waals surface area contributed by atoms with Crippen LogP contribution in [0.5, 0.6) is 0 Å². The lowest BCUT2D eigenvalue weighted by Gasteiger charge is -2.48. The van der Waals surface area contributed by atoms with Gasteiger partial charge in [-0.05, 0) is 55.9 Å². The van der Waals surface area contributed by atoms with E-state index in [0.29, 0.717) is 5.92 Å². The van der Waals surface area contributed by atoms with E-state index in [1.54, 1.807) is 0 Å². The third-order valence-corrected chi connectivity index (χ3v) is 4.82. The van der Waals surface area contributed by atoms with Crippen molar-refractivity contribution in [2.24, 2.45) is 0 Å². The molecule has 4 heteroatoms. The van der Waals surface area contributed by atoms with Gasteiger partial charge in [0.05, 0.1) is 6.61 Å². The molecule has 0 aromatic heterocycles. The Balaban J connectivity index is 2.56. The average Bonchev–Trinajstić information content (AvgIpc) is 2.44. The van der Waals surface area contributed by atoms with Crippen LogP contribution in [0.4, 0.5) is 11.4 Å². The topological polar surface area (TPSA) is 69.7 Å². The average molecular weight is 306 g/mol. The fourth-order valence-corrected chi connectivity index (χ4v) is 3.66. The van der Waals surface area contributed by atoms with E-state index in [2.05, 4.69) is 38.7 Å². The Labute approximate surface area is 133 Å². The van der Waals surface area contributed by atoms with E-state index >= 15 is 0 Å². The molecule has 124 valence electrons. The molecule has 1 aromatic rings. The van der Waals surface area contributed by atoms with Crippen LogP contribution in [-0.4, -0.2) is 35.5 Å². The first-order valence-electron chi connectivity index (χ1n) is 8.24. The summed E-state index contributed by atoms with van der Waals surface area (Å²) in [7, 11) is 0. The number of aliphatic hydroxyl groups is 2. The van der Waals surface area contributed by atoms with Crippen LogP contribution in [-0.2, 0) is 0 Å². The number of aliphatic hydroxyl groups excluding tert-OH is 2. The van der Waals surface area contributed by atoms with E-state index < -0.39 is 0 Å². The Hall–Kier alpha value is -1.26. The molecule has 0 bridgehead atoms. The number of benzene rings is 1. The summed E-state index contributed by atoms with van der Waals surface area (Å²) in [6.45, 7) is 9.86. The molecule has 1 unspecified atom stereocenters. The molecule has 4 nitrogen and oxygen atoms in total. The lowest BCUT2D eigenvalue weighted by molar-refractivity contribution is 0.226. The lowest BCUT2D eigenvalue weighted by atomic mass is 9.78. The molecule has 4 N–H and O–H groups in total. The second-order valence-corrected chi connectivity index (χ2v) is 7.32. The smallest absolute Gasteiger partial charge is 0.0501 e. The first-order valence-corrected chi connectivity index (χ1v) is 8.24. The molecule has 0 saturated heterocycles. The summed E-state index contributed by atoms with van der Waals surface area (Å²) < 4.78 is 0. The largest absolute Gasteiger partial charge is 0.398 e. The molecule has 0 spiro atoms. The number of fused-ring (bicyclic) bond motifs is 1. The maximum Gasteiger partial charge on any atom is 0.0501 e. The number of hydrogen-bond acceptors (Lipinski definition) is 4. The van der Waals surface area contributed by atoms with Crippen LogP contribution in [0, 0.1) is 0 Å². The highest BCUT2D eigenvalue weighted by molar-refractivity contribution is 5.68. The van der Waals surface area contributed by atoms with Crippen molar-refractivity contribution in [2.45, 2.75) is 57.9 Å². The zero-order valence-corrected chi connectivity index (χ0v) is 14.3. The van der Waals surface area contributed by atoms with Gasteiger partial charge in [-0.25, -0.2) is 0 Å². The number of nitrogens with two attached hydrogens (primary N) is 1. The summed E-state index contributed by atoms with van der Waals surface area (Å²) >= 11 is 0. The van der Waals surface area contributed by atoms with E-state index in [-0.39, 0.29) is 24.7 Å². The molecule has 1 atom stereocenters. The van der Waals surface area contributed by atoms with E-state index in [1.165, 1.54) is 5.69 Å². The van der Waals surface area contributed by atoms with Crippen LogP contribution in [0.3, 0.4) is 0 Å². The summed E-state index contributed by atoms with van der Waals surface area (Å²) in [5.74, 6) is 0.487. The predicted molar refractivity (Wildman–Crippen MR) is 92.5 cm³/mol. The predicted octanol–water partition coefficient (Wildman–Crippen LogP) is 2.84. The highest BCUT2D eigenvalue weighted by Crippen LogP contribution is 2.45. The van der Waals surface area contributed by atoms with E-state index in [0.717, 1.165) is 36.2 Å². The summed E-state index contributed by atoms with van der Waals surface area (Å²) in [4.78, 5) is 2.37. The molecule has 0 aliphatic carbocycles. The van der Waals surface area contributed by atoms with Crippen molar-refractivity contribution in [1.82, 2.24) is 0 Å². The fraction of sp³-hybridized carbons (Fsp3) is 0.667. The number of nitrogen functional groups attached to an aromatic ring is 1. The van der Waals surface area contributed by atoms with Crippen LogP contribution in [0.1, 0.15) is 63.5 Å². The molecule has 1 aromatic carbocycles. The first-order chi connectivity index (χ1) is 10.3. The highest BCUT2D eigenvalue weighted by atomic mass is 16.3. The van der Waals surface area contributed by atoms with Crippen LogP contribution in [0.2, 0.25) is 0 Å². The maximum absolute atomic E-state index is 9.80. The van der Waals surface area contributed by atoms with Crippen molar-refractivity contribution < 1.29 is 10.2 Å². The minimum atomic E-state index is -0.0417. The van der Waals surface area contributed by atoms with Crippen molar-refractivity contribution in [3.8, 4) is 0 Å². The van der Waals surface area contributed by atoms with Crippen LogP contribution in [0.15, 0.2) is 12.1 Å². The number of rotatable bonds is 5. The van der Waals surface area contributed by atoms with Crippen molar-refractivity contribution in [1.29, 1.82) is 0 Å². The normalized spacial score (nSPS) is 20.3. The number of anilines is 2. The molecule has 1 heterocycles. The van der Waals surface area contributed by atoms with Gasteiger partial charge in [-0.3, -0.25) is 0 Å². The van der Waals surface area contributed by atoms with E-state index in [9.17, 15) is 10.2 Å². The van der Waals surface area contributed by atoms with Gasteiger partial charge in [0.1, 0.15) is 0 Å². The van der Waals surface area contributed by atoms with Gasteiger partial charge in [0.15, 0.2) is 0 Å². The lowest BCUT2D eigenvalue weighted by Crippen LogP contribution is -2.49. The summed E-state index contributed by atoms with van der Waals surface area (Å²) in [5, 5.41) is 19.0. The molecular weight excluding hydrogens is 276 g/mol. The number of nitrogens with zero attached hydrogens (tertiary/aromatic N) is 1. The van der Waals surface area contributed by atoms with Crippen LogP contribution in [0.25, 0.3) is 0 Å². The minimum absolute atomic E-state index is 0.0417. The Morgan fingerprint density at radius 2 is 2.00 bits per heavy atom. The second-order valence-electron chi connectivity index (χ2n) is 7.32. The Morgan fingerprint density at radius 3 is 2.55 bits per heavy atom.